The Morgan fingerprint density at radius 2 is 1.79 bits per heavy atom. The van der Waals surface area contributed by atoms with E-state index in [0.717, 1.165) is 70.8 Å². The minimum absolute atomic E-state index is 0.00801. The number of primary amides is 1. The molecule has 0 saturated carbocycles. The van der Waals surface area contributed by atoms with E-state index in [1.54, 1.807) is 17.0 Å². The van der Waals surface area contributed by atoms with Gasteiger partial charge in [-0.15, -0.1) is 0 Å². The number of amides is 2. The molecule has 7 rings (SSSR count). The van der Waals surface area contributed by atoms with E-state index < -0.39 is 11.8 Å². The number of phenols is 1. The summed E-state index contributed by atoms with van der Waals surface area (Å²) in [6.45, 7) is 2.39. The van der Waals surface area contributed by atoms with Crippen molar-refractivity contribution in [3.63, 3.8) is 0 Å². The number of piperazine rings is 1. The maximum Gasteiger partial charge on any atom is 0.319 e. The van der Waals surface area contributed by atoms with Crippen LogP contribution >= 0.6 is 0 Å². The molecule has 3 atom stereocenters. The quantitative estimate of drug-likeness (QED) is 0.353. The molecule has 10 nitrogen and oxygen atoms in total. The number of phenolic OH excluding ortho intramolecular Hbond substituents is 1. The summed E-state index contributed by atoms with van der Waals surface area (Å²) in [4.78, 5) is 40.0. The minimum atomic E-state index is -0.921. The zero-order chi connectivity index (χ0) is 29.0. The predicted molar refractivity (Wildman–Crippen MR) is 160 cm³/mol. The molecule has 216 valence electrons. The molecule has 3 fully saturated rings. The van der Waals surface area contributed by atoms with Gasteiger partial charge in [-0.2, -0.15) is 9.97 Å². The second-order valence-electron chi connectivity index (χ2n) is 11.7. The topological polar surface area (TPSA) is 125 Å². The highest BCUT2D eigenvalue weighted by molar-refractivity contribution is 6.34. The Balaban J connectivity index is 1.31. The fourth-order valence-electron chi connectivity index (χ4n) is 6.99. The molecule has 0 radical (unpaired) electrons. The average Bonchev–Trinajstić information content (AvgIpc) is 3.52. The number of rotatable bonds is 5. The summed E-state index contributed by atoms with van der Waals surface area (Å²) in [5, 5.41) is 13.4. The Morgan fingerprint density at radius 3 is 2.52 bits per heavy atom. The van der Waals surface area contributed by atoms with Crippen LogP contribution in [0.3, 0.4) is 0 Å². The first-order valence-corrected chi connectivity index (χ1v) is 14.6. The lowest BCUT2D eigenvalue weighted by Gasteiger charge is -2.41. The van der Waals surface area contributed by atoms with Gasteiger partial charge in [0.2, 0.25) is 0 Å². The van der Waals surface area contributed by atoms with Gasteiger partial charge in [0, 0.05) is 36.6 Å². The first kappa shape index (κ1) is 26.5. The number of ether oxygens (including phenoxy) is 1. The van der Waals surface area contributed by atoms with Crippen molar-refractivity contribution < 1.29 is 19.4 Å². The van der Waals surface area contributed by atoms with Crippen LogP contribution in [0.25, 0.3) is 32.8 Å². The van der Waals surface area contributed by atoms with E-state index in [0.29, 0.717) is 31.7 Å². The van der Waals surface area contributed by atoms with E-state index in [9.17, 15) is 14.7 Å². The van der Waals surface area contributed by atoms with Crippen LogP contribution in [0.1, 0.15) is 25.7 Å². The molecule has 3 aromatic carbocycles. The molecule has 2 amide bonds. The molecule has 10 heteroatoms. The van der Waals surface area contributed by atoms with E-state index in [1.807, 2.05) is 36.4 Å². The molecule has 2 bridgehead atoms. The molecule has 4 heterocycles. The van der Waals surface area contributed by atoms with Crippen LogP contribution < -0.4 is 15.4 Å². The molecule has 0 aliphatic carbocycles. The maximum absolute atomic E-state index is 12.4. The average molecular weight is 567 g/mol. The summed E-state index contributed by atoms with van der Waals surface area (Å²) in [5.74, 6) is -0.570. The smallest absolute Gasteiger partial charge is 0.319 e. The minimum Gasteiger partial charge on any atom is -0.508 e. The van der Waals surface area contributed by atoms with Gasteiger partial charge in [-0.05, 0) is 85.4 Å². The lowest BCUT2D eigenvalue weighted by atomic mass is 9.97. The van der Waals surface area contributed by atoms with E-state index in [2.05, 4.69) is 22.9 Å². The summed E-state index contributed by atoms with van der Waals surface area (Å²) in [6, 6.07) is 18.3. The Bertz CT molecular complexity index is 1700. The Labute approximate surface area is 243 Å². The van der Waals surface area contributed by atoms with Crippen molar-refractivity contribution in [3.8, 4) is 22.9 Å². The summed E-state index contributed by atoms with van der Waals surface area (Å²) in [6.07, 6.45) is 3.99. The summed E-state index contributed by atoms with van der Waals surface area (Å²) >= 11 is 0. The van der Waals surface area contributed by atoms with Gasteiger partial charge in [0.25, 0.3) is 0 Å². The second-order valence-corrected chi connectivity index (χ2v) is 11.7. The zero-order valence-corrected chi connectivity index (χ0v) is 23.6. The molecular weight excluding hydrogens is 532 g/mol. The van der Waals surface area contributed by atoms with E-state index in [4.69, 9.17) is 20.4 Å². The van der Waals surface area contributed by atoms with Crippen LogP contribution in [0.2, 0.25) is 0 Å². The summed E-state index contributed by atoms with van der Waals surface area (Å²) in [7, 11) is 2.12. The number of aromatic hydroxyl groups is 1. The highest BCUT2D eigenvalue weighted by atomic mass is 16.5. The number of likely N-dealkylation sites (N-methyl/N-ethyl adjacent to an activating group) is 1. The number of hydrogen-bond donors (Lipinski definition) is 2. The van der Waals surface area contributed by atoms with Crippen molar-refractivity contribution in [2.75, 3.05) is 38.2 Å². The normalized spacial score (nSPS) is 22.3. The van der Waals surface area contributed by atoms with Crippen molar-refractivity contribution in [3.05, 3.63) is 54.6 Å². The molecule has 0 unspecified atom stereocenters. The van der Waals surface area contributed by atoms with Crippen molar-refractivity contribution in [1.82, 2.24) is 19.8 Å². The molecular formula is C32H34N6O4. The lowest BCUT2D eigenvalue weighted by molar-refractivity contribution is -0.144. The number of likely N-dealkylation sites (tertiary alicyclic amines) is 2. The largest absolute Gasteiger partial charge is 0.508 e. The van der Waals surface area contributed by atoms with Gasteiger partial charge >= 0.3 is 17.8 Å². The van der Waals surface area contributed by atoms with E-state index >= 15 is 0 Å². The Hall–Kier alpha value is -4.44. The van der Waals surface area contributed by atoms with Crippen molar-refractivity contribution in [2.24, 2.45) is 5.73 Å². The van der Waals surface area contributed by atoms with Crippen molar-refractivity contribution in [1.29, 1.82) is 0 Å². The SMILES string of the molecule is CN1CCC[C@H]1COc1nc(N2[C@@H]3CC[C@H]2CN(C(=O)C(N)=O)C3)c2ccc(-c3cc(O)cc4ccccc34)cc2n1. The maximum atomic E-state index is 12.4. The number of carbonyl (C=O) groups is 2. The highest BCUT2D eigenvalue weighted by Crippen LogP contribution is 2.40. The Kier molecular flexibility index (Phi) is 6.57. The van der Waals surface area contributed by atoms with Gasteiger partial charge in [0.15, 0.2) is 0 Å². The Morgan fingerprint density at radius 1 is 1.00 bits per heavy atom. The molecule has 3 saturated heterocycles. The summed E-state index contributed by atoms with van der Waals surface area (Å²) < 4.78 is 6.26. The van der Waals surface area contributed by atoms with Crippen LogP contribution in [0, 0.1) is 0 Å². The third-order valence-corrected chi connectivity index (χ3v) is 9.11. The van der Waals surface area contributed by atoms with Gasteiger partial charge in [0.1, 0.15) is 18.2 Å². The number of nitrogens with two attached hydrogens (primary N) is 1. The number of benzene rings is 3. The molecule has 42 heavy (non-hydrogen) atoms. The van der Waals surface area contributed by atoms with Gasteiger partial charge in [-0.1, -0.05) is 30.3 Å². The zero-order valence-electron chi connectivity index (χ0n) is 23.6. The standard InChI is InChI=1S/C32H34N6O4/c1-36-12-4-6-23(36)18-42-32-34-28-14-20(27-15-24(39)13-19-5-2-3-7-25(19)27)8-11-26(28)30(35-32)38-21-9-10-22(38)17-37(16-21)31(41)29(33)40/h2-3,5,7-8,11,13-15,21-23,39H,4,6,9-10,12,16-18H2,1H3,(H2,33,40)/t21-,22+,23-/m0/s1. The number of carbonyl (C=O) groups excluding carboxylic acids is 2. The van der Waals surface area contributed by atoms with Crippen molar-refractivity contribution in [2.45, 2.75) is 43.8 Å². The van der Waals surface area contributed by atoms with Crippen molar-refractivity contribution >= 4 is 39.3 Å². The van der Waals surface area contributed by atoms with Crippen LogP contribution in [-0.2, 0) is 9.59 Å². The summed E-state index contributed by atoms with van der Waals surface area (Å²) in [5.41, 5.74) is 7.91. The van der Waals surface area contributed by atoms with Gasteiger partial charge in [0.05, 0.1) is 5.52 Å². The molecule has 3 N–H and O–H groups in total. The first-order chi connectivity index (χ1) is 20.4. The fourth-order valence-corrected chi connectivity index (χ4v) is 6.99. The van der Waals surface area contributed by atoms with E-state index in [-0.39, 0.29) is 17.8 Å². The van der Waals surface area contributed by atoms with Crippen LogP contribution in [0.4, 0.5) is 5.82 Å². The van der Waals surface area contributed by atoms with E-state index in [1.165, 1.54) is 0 Å². The predicted octanol–water partition coefficient (Wildman–Crippen LogP) is 3.29. The van der Waals surface area contributed by atoms with Crippen LogP contribution in [-0.4, -0.2) is 88.1 Å². The number of fused-ring (bicyclic) bond motifs is 4. The highest BCUT2D eigenvalue weighted by Gasteiger charge is 2.43. The molecule has 4 aromatic rings. The number of hydrogen-bond acceptors (Lipinski definition) is 8. The van der Waals surface area contributed by atoms with Gasteiger partial charge in [-0.3, -0.25) is 9.59 Å². The number of anilines is 1. The number of nitrogens with zero attached hydrogens (tertiary/aromatic N) is 5. The fraction of sp³-hybridized carbons (Fsp3) is 0.375. The molecule has 0 spiro atoms. The monoisotopic (exact) mass is 566 g/mol. The number of aromatic nitrogens is 2. The first-order valence-electron chi connectivity index (χ1n) is 14.6. The van der Waals surface area contributed by atoms with Crippen LogP contribution in [0.15, 0.2) is 54.6 Å². The van der Waals surface area contributed by atoms with Crippen LogP contribution in [0.5, 0.6) is 11.8 Å². The van der Waals surface area contributed by atoms with Gasteiger partial charge in [-0.25, -0.2) is 0 Å². The third kappa shape index (κ3) is 4.65. The van der Waals surface area contributed by atoms with Gasteiger partial charge < -0.3 is 30.3 Å². The molecule has 1 aromatic heterocycles. The molecule has 3 aliphatic heterocycles. The molecule has 3 aliphatic rings. The lowest BCUT2D eigenvalue weighted by Crippen LogP contribution is -2.57. The third-order valence-electron chi connectivity index (χ3n) is 9.11. The second kappa shape index (κ2) is 10.4.